The van der Waals surface area contributed by atoms with Crippen LogP contribution >= 0.6 is 0 Å². The highest BCUT2D eigenvalue weighted by atomic mass is 16.5. The highest BCUT2D eigenvalue weighted by Crippen LogP contribution is 2.29. The summed E-state index contributed by atoms with van der Waals surface area (Å²) in [5.41, 5.74) is 5.27. The number of allylic oxidation sites excluding steroid dienone is 1. The maximum absolute atomic E-state index is 13.3. The summed E-state index contributed by atoms with van der Waals surface area (Å²) in [6.45, 7) is 2.51. The van der Waals surface area contributed by atoms with E-state index in [1.165, 1.54) is 13.2 Å². The van der Waals surface area contributed by atoms with Crippen LogP contribution in [0, 0.1) is 6.92 Å². The Morgan fingerprint density at radius 1 is 0.837 bits per heavy atom. The number of carbonyl (C=O) groups excluding carboxylic acids is 3. The third kappa shape index (κ3) is 8.42. The predicted octanol–water partition coefficient (Wildman–Crippen LogP) is 7.47. The summed E-state index contributed by atoms with van der Waals surface area (Å²) < 4.78 is 10.6. The van der Waals surface area contributed by atoms with E-state index in [9.17, 15) is 14.4 Å². The molecular weight excluding hydrogens is 540 g/mol. The molecule has 0 unspecified atom stereocenters. The van der Waals surface area contributed by atoms with Crippen LogP contribution in [0.2, 0.25) is 0 Å². The molecule has 220 valence electrons. The number of hydrogen-bond donors (Lipinski definition) is 1. The fourth-order valence-electron chi connectivity index (χ4n) is 4.51. The fourth-order valence-corrected chi connectivity index (χ4v) is 4.51. The first-order chi connectivity index (χ1) is 20.9. The van der Waals surface area contributed by atoms with E-state index in [4.69, 9.17) is 4.74 Å². The van der Waals surface area contributed by atoms with Crippen molar-refractivity contribution in [2.75, 3.05) is 31.0 Å². The molecule has 7 nitrogen and oxygen atoms in total. The molecule has 0 aromatic heterocycles. The first kappa shape index (κ1) is 30.8. The van der Waals surface area contributed by atoms with Crippen molar-refractivity contribution >= 4 is 29.2 Å². The van der Waals surface area contributed by atoms with Crippen LogP contribution in [0.1, 0.15) is 45.5 Å². The molecule has 0 fully saturated rings. The molecule has 0 saturated carbocycles. The number of aryl methyl sites for hydroxylation is 1. The Labute approximate surface area is 252 Å². The summed E-state index contributed by atoms with van der Waals surface area (Å²) in [6.07, 6.45) is 5.59. The van der Waals surface area contributed by atoms with E-state index in [0.717, 1.165) is 36.0 Å². The van der Waals surface area contributed by atoms with Crippen LogP contribution in [0.4, 0.5) is 11.4 Å². The van der Waals surface area contributed by atoms with Gasteiger partial charge in [0.2, 0.25) is 0 Å². The van der Waals surface area contributed by atoms with E-state index >= 15 is 0 Å². The van der Waals surface area contributed by atoms with Gasteiger partial charge in [0.15, 0.2) is 0 Å². The van der Waals surface area contributed by atoms with Gasteiger partial charge in [-0.1, -0.05) is 66.2 Å². The van der Waals surface area contributed by atoms with Crippen molar-refractivity contribution in [2.45, 2.75) is 26.2 Å². The number of ether oxygens (including phenoxy) is 2. The van der Waals surface area contributed by atoms with E-state index in [-0.39, 0.29) is 17.8 Å². The molecule has 2 amide bonds. The van der Waals surface area contributed by atoms with Crippen molar-refractivity contribution in [1.82, 2.24) is 0 Å². The second-order valence-electron chi connectivity index (χ2n) is 10.0. The van der Waals surface area contributed by atoms with Crippen LogP contribution in [-0.4, -0.2) is 38.5 Å². The third-order valence-electron chi connectivity index (χ3n) is 6.93. The Morgan fingerprint density at radius 2 is 1.53 bits per heavy atom. The van der Waals surface area contributed by atoms with Crippen LogP contribution in [0.15, 0.2) is 109 Å². The summed E-state index contributed by atoms with van der Waals surface area (Å²) in [5, 5.41) is 2.95. The van der Waals surface area contributed by atoms with E-state index in [1.54, 1.807) is 48.4 Å². The summed E-state index contributed by atoms with van der Waals surface area (Å²) in [7, 11) is 3.06. The van der Waals surface area contributed by atoms with Crippen molar-refractivity contribution in [3.63, 3.8) is 0 Å². The van der Waals surface area contributed by atoms with Crippen molar-refractivity contribution in [3.05, 3.63) is 126 Å². The van der Waals surface area contributed by atoms with Crippen LogP contribution < -0.4 is 15.0 Å². The Hall–Kier alpha value is -5.17. The minimum absolute atomic E-state index is 0.202. The molecule has 0 aliphatic rings. The number of nitrogens with one attached hydrogen (secondary N) is 1. The lowest BCUT2D eigenvalue weighted by atomic mass is 9.98. The summed E-state index contributed by atoms with van der Waals surface area (Å²) in [6, 6.07) is 29.8. The average molecular weight is 577 g/mol. The topological polar surface area (TPSA) is 84.9 Å². The third-order valence-corrected chi connectivity index (χ3v) is 6.93. The number of carbonyl (C=O) groups is 3. The number of benzene rings is 4. The number of nitrogens with zero attached hydrogens (tertiary/aromatic N) is 1. The highest BCUT2D eigenvalue weighted by Gasteiger charge is 2.18. The number of para-hydroxylation sites is 2. The number of hydrogen-bond acceptors (Lipinski definition) is 5. The Kier molecular flexibility index (Phi) is 10.9. The molecule has 4 aromatic rings. The zero-order valence-corrected chi connectivity index (χ0v) is 24.7. The van der Waals surface area contributed by atoms with Gasteiger partial charge in [-0.3, -0.25) is 9.59 Å². The van der Waals surface area contributed by atoms with Crippen LogP contribution in [0.25, 0.3) is 11.1 Å². The van der Waals surface area contributed by atoms with Gasteiger partial charge >= 0.3 is 5.97 Å². The minimum atomic E-state index is -0.364. The van der Waals surface area contributed by atoms with E-state index in [1.807, 2.05) is 73.7 Å². The molecular formula is C36H36N2O5. The number of rotatable bonds is 12. The SMILES string of the molecule is COC(=O)C=CCCCCOc1ccccc1N(C)C(=O)c1ccc(NC(=O)c2ccccc2-c2ccc(C)cc2)cc1. The van der Waals surface area contributed by atoms with Gasteiger partial charge in [0.05, 0.1) is 19.4 Å². The summed E-state index contributed by atoms with van der Waals surface area (Å²) >= 11 is 0. The Balaban J connectivity index is 1.37. The lowest BCUT2D eigenvalue weighted by Gasteiger charge is -2.21. The van der Waals surface area contributed by atoms with Crippen molar-refractivity contribution in [2.24, 2.45) is 0 Å². The smallest absolute Gasteiger partial charge is 0.330 e. The van der Waals surface area contributed by atoms with Crippen LogP contribution in [0.3, 0.4) is 0 Å². The lowest BCUT2D eigenvalue weighted by Crippen LogP contribution is -2.26. The Morgan fingerprint density at radius 3 is 2.28 bits per heavy atom. The molecule has 0 spiro atoms. The van der Waals surface area contributed by atoms with E-state index in [0.29, 0.717) is 34.9 Å². The number of esters is 1. The van der Waals surface area contributed by atoms with Crippen LogP contribution in [0.5, 0.6) is 5.75 Å². The van der Waals surface area contributed by atoms with Gasteiger partial charge in [0, 0.05) is 29.9 Å². The average Bonchev–Trinajstić information content (AvgIpc) is 3.04. The molecule has 0 heterocycles. The van der Waals surface area contributed by atoms with Gasteiger partial charge in [-0.05, 0) is 79.8 Å². The quantitative estimate of drug-likeness (QED) is 0.107. The predicted molar refractivity (Wildman–Crippen MR) is 171 cm³/mol. The molecule has 1 N–H and O–H groups in total. The first-order valence-electron chi connectivity index (χ1n) is 14.2. The zero-order valence-electron chi connectivity index (χ0n) is 24.7. The molecule has 4 rings (SSSR count). The van der Waals surface area contributed by atoms with E-state index in [2.05, 4.69) is 10.1 Å². The van der Waals surface area contributed by atoms with Gasteiger partial charge in [-0.25, -0.2) is 4.79 Å². The number of amides is 2. The Bertz CT molecular complexity index is 1580. The molecule has 0 saturated heterocycles. The van der Waals surface area contributed by atoms with E-state index < -0.39 is 0 Å². The van der Waals surface area contributed by atoms with Gasteiger partial charge < -0.3 is 19.7 Å². The van der Waals surface area contributed by atoms with Gasteiger partial charge in [-0.15, -0.1) is 0 Å². The molecule has 43 heavy (non-hydrogen) atoms. The van der Waals surface area contributed by atoms with Gasteiger partial charge in [0.1, 0.15) is 5.75 Å². The number of methoxy groups -OCH3 is 1. The van der Waals surface area contributed by atoms with Gasteiger partial charge in [-0.2, -0.15) is 0 Å². The van der Waals surface area contributed by atoms with Crippen LogP contribution in [-0.2, 0) is 9.53 Å². The molecule has 7 heteroatoms. The van der Waals surface area contributed by atoms with Crippen molar-refractivity contribution in [1.29, 1.82) is 0 Å². The van der Waals surface area contributed by atoms with Gasteiger partial charge in [0.25, 0.3) is 11.8 Å². The van der Waals surface area contributed by atoms with Crippen molar-refractivity contribution < 1.29 is 23.9 Å². The largest absolute Gasteiger partial charge is 0.491 e. The molecule has 0 atom stereocenters. The normalized spacial score (nSPS) is 10.8. The molecule has 0 aliphatic heterocycles. The molecule has 4 aromatic carbocycles. The maximum Gasteiger partial charge on any atom is 0.330 e. The molecule has 0 bridgehead atoms. The number of unbranched alkanes of at least 4 members (excludes halogenated alkanes) is 2. The molecule has 0 radical (unpaired) electrons. The first-order valence-corrected chi connectivity index (χ1v) is 14.2. The second kappa shape index (κ2) is 15.2. The molecule has 0 aliphatic carbocycles. The highest BCUT2D eigenvalue weighted by molar-refractivity contribution is 6.09. The summed E-state index contributed by atoms with van der Waals surface area (Å²) in [5.74, 6) is -0.180. The number of anilines is 2. The van der Waals surface area contributed by atoms with Crippen molar-refractivity contribution in [3.8, 4) is 16.9 Å². The maximum atomic E-state index is 13.3. The zero-order chi connectivity index (χ0) is 30.6. The summed E-state index contributed by atoms with van der Waals surface area (Å²) in [4.78, 5) is 39.2. The fraction of sp³-hybridized carbons (Fsp3) is 0.194. The standard InChI is InChI=1S/C36H36N2O5/c1-26-17-19-27(20-18-26)30-12-7-8-13-31(30)35(40)37-29-23-21-28(22-24-29)36(41)38(2)32-14-9-10-15-33(32)43-25-11-5-4-6-16-34(39)42-3/h6-10,12-24H,4-5,11,25H2,1-3H3,(H,37,40). The second-order valence-corrected chi connectivity index (χ2v) is 10.0. The lowest BCUT2D eigenvalue weighted by molar-refractivity contribution is -0.134. The monoisotopic (exact) mass is 576 g/mol. The minimum Gasteiger partial charge on any atom is -0.491 e.